The maximum atomic E-state index is 6.25. The average Bonchev–Trinajstić information content (AvgIpc) is 3.24. The van der Waals surface area contributed by atoms with Gasteiger partial charge in [0, 0.05) is 29.2 Å². The lowest BCUT2D eigenvalue weighted by Crippen LogP contribution is -2.39. The molecule has 0 aromatic heterocycles. The molecule has 2 fully saturated rings. The molecule has 1 aliphatic carbocycles. The summed E-state index contributed by atoms with van der Waals surface area (Å²) in [5, 5.41) is 5.22. The van der Waals surface area contributed by atoms with Gasteiger partial charge in [0.1, 0.15) is 0 Å². The van der Waals surface area contributed by atoms with E-state index < -0.39 is 0 Å². The van der Waals surface area contributed by atoms with E-state index in [-0.39, 0.29) is 0 Å². The van der Waals surface area contributed by atoms with Crippen molar-refractivity contribution >= 4 is 23.2 Å². The molecule has 1 saturated heterocycles. The SMILES string of the molecule is Clc1ccc(CCN2CCCNC(C3CC3)C2)c(Cl)c1. The smallest absolute Gasteiger partial charge is 0.0453 e. The predicted molar refractivity (Wildman–Crippen MR) is 85.7 cm³/mol. The first-order valence-electron chi connectivity index (χ1n) is 7.62. The summed E-state index contributed by atoms with van der Waals surface area (Å²) in [5.74, 6) is 0.926. The minimum atomic E-state index is 0.707. The normalized spacial score (nSPS) is 24.6. The second kappa shape index (κ2) is 6.65. The third-order valence-electron chi connectivity index (χ3n) is 4.42. The van der Waals surface area contributed by atoms with Crippen molar-refractivity contribution < 1.29 is 0 Å². The molecule has 0 spiro atoms. The molecule has 0 bridgehead atoms. The van der Waals surface area contributed by atoms with Gasteiger partial charge in [0.15, 0.2) is 0 Å². The van der Waals surface area contributed by atoms with Gasteiger partial charge in [-0.05, 0) is 62.4 Å². The maximum Gasteiger partial charge on any atom is 0.0453 e. The highest BCUT2D eigenvalue weighted by atomic mass is 35.5. The fourth-order valence-electron chi connectivity index (χ4n) is 3.04. The molecule has 1 saturated carbocycles. The van der Waals surface area contributed by atoms with Crippen molar-refractivity contribution in [1.82, 2.24) is 10.2 Å². The summed E-state index contributed by atoms with van der Waals surface area (Å²) < 4.78 is 0. The Hall–Kier alpha value is -0.280. The first kappa shape index (κ1) is 14.6. The van der Waals surface area contributed by atoms with Gasteiger partial charge in [-0.2, -0.15) is 0 Å². The highest BCUT2D eigenvalue weighted by molar-refractivity contribution is 6.35. The topological polar surface area (TPSA) is 15.3 Å². The largest absolute Gasteiger partial charge is 0.312 e. The maximum absolute atomic E-state index is 6.25. The van der Waals surface area contributed by atoms with Crippen molar-refractivity contribution in [1.29, 1.82) is 0 Å². The number of benzene rings is 1. The standard InChI is InChI=1S/C16H22Cl2N2/c17-14-5-4-12(15(18)10-14)6-9-20-8-1-7-19-16(11-20)13-2-3-13/h4-5,10,13,16,19H,1-3,6-9,11H2. The first-order chi connectivity index (χ1) is 9.72. The zero-order valence-electron chi connectivity index (χ0n) is 11.7. The number of hydrogen-bond donors (Lipinski definition) is 1. The molecule has 1 heterocycles. The van der Waals surface area contributed by atoms with Crippen molar-refractivity contribution in [2.75, 3.05) is 26.2 Å². The Morgan fingerprint density at radius 2 is 2.10 bits per heavy atom. The van der Waals surface area contributed by atoms with Crippen LogP contribution in [0.5, 0.6) is 0 Å². The van der Waals surface area contributed by atoms with Crippen LogP contribution in [0.25, 0.3) is 0 Å². The molecule has 1 unspecified atom stereocenters. The van der Waals surface area contributed by atoms with Crippen LogP contribution in [0, 0.1) is 5.92 Å². The van der Waals surface area contributed by atoms with E-state index in [0.29, 0.717) is 11.1 Å². The summed E-state index contributed by atoms with van der Waals surface area (Å²) >= 11 is 12.2. The Morgan fingerprint density at radius 3 is 2.85 bits per heavy atom. The van der Waals surface area contributed by atoms with E-state index >= 15 is 0 Å². The minimum absolute atomic E-state index is 0.707. The quantitative estimate of drug-likeness (QED) is 0.913. The zero-order chi connectivity index (χ0) is 13.9. The lowest BCUT2D eigenvalue weighted by atomic mass is 10.1. The second-order valence-corrected chi connectivity index (χ2v) is 6.88. The zero-order valence-corrected chi connectivity index (χ0v) is 13.3. The first-order valence-corrected chi connectivity index (χ1v) is 8.37. The van der Waals surface area contributed by atoms with Crippen molar-refractivity contribution in [3.63, 3.8) is 0 Å². The summed E-state index contributed by atoms with van der Waals surface area (Å²) in [6.45, 7) is 4.64. The highest BCUT2D eigenvalue weighted by Crippen LogP contribution is 2.33. The summed E-state index contributed by atoms with van der Waals surface area (Å²) in [6, 6.07) is 6.53. The van der Waals surface area contributed by atoms with E-state index in [9.17, 15) is 0 Å². The molecule has 20 heavy (non-hydrogen) atoms. The Labute approximate surface area is 131 Å². The van der Waals surface area contributed by atoms with Crippen molar-refractivity contribution in [2.24, 2.45) is 5.92 Å². The molecule has 0 amide bonds. The summed E-state index contributed by atoms with van der Waals surface area (Å²) in [7, 11) is 0. The van der Waals surface area contributed by atoms with E-state index in [1.807, 2.05) is 12.1 Å². The van der Waals surface area contributed by atoms with Crippen molar-refractivity contribution in [3.8, 4) is 0 Å². The molecule has 1 aromatic rings. The third-order valence-corrected chi connectivity index (χ3v) is 5.00. The predicted octanol–water partition coefficient (Wildman–Crippen LogP) is 3.61. The Balaban J connectivity index is 1.56. The van der Waals surface area contributed by atoms with Crippen LogP contribution in [0.2, 0.25) is 10.0 Å². The molecular weight excluding hydrogens is 291 g/mol. The number of halogens is 2. The molecule has 1 N–H and O–H groups in total. The van der Waals surface area contributed by atoms with Gasteiger partial charge in [0.25, 0.3) is 0 Å². The second-order valence-electron chi connectivity index (χ2n) is 6.04. The van der Waals surface area contributed by atoms with Gasteiger partial charge in [0.05, 0.1) is 0 Å². The van der Waals surface area contributed by atoms with Gasteiger partial charge in [-0.3, -0.25) is 0 Å². The van der Waals surface area contributed by atoms with E-state index in [2.05, 4.69) is 16.3 Å². The summed E-state index contributed by atoms with van der Waals surface area (Å²) in [4.78, 5) is 2.59. The molecule has 110 valence electrons. The highest BCUT2D eigenvalue weighted by Gasteiger charge is 2.32. The molecule has 0 radical (unpaired) electrons. The van der Waals surface area contributed by atoms with E-state index in [1.54, 1.807) is 0 Å². The summed E-state index contributed by atoms with van der Waals surface area (Å²) in [5.41, 5.74) is 1.20. The van der Waals surface area contributed by atoms with Crippen molar-refractivity contribution in [2.45, 2.75) is 31.7 Å². The molecule has 1 aromatic carbocycles. The number of rotatable bonds is 4. The van der Waals surface area contributed by atoms with Crippen molar-refractivity contribution in [3.05, 3.63) is 33.8 Å². The molecule has 2 aliphatic rings. The lowest BCUT2D eigenvalue weighted by Gasteiger charge is -2.24. The molecule has 1 aliphatic heterocycles. The Bertz CT molecular complexity index is 460. The number of hydrogen-bond acceptors (Lipinski definition) is 2. The lowest BCUT2D eigenvalue weighted by molar-refractivity contribution is 0.261. The van der Waals surface area contributed by atoms with Crippen LogP contribution in [0.15, 0.2) is 18.2 Å². The third kappa shape index (κ3) is 3.88. The minimum Gasteiger partial charge on any atom is -0.312 e. The molecule has 3 rings (SSSR count). The van der Waals surface area contributed by atoms with E-state index in [4.69, 9.17) is 23.2 Å². The van der Waals surface area contributed by atoms with Crippen LogP contribution in [0.4, 0.5) is 0 Å². The van der Waals surface area contributed by atoms with Gasteiger partial charge in [-0.1, -0.05) is 29.3 Å². The van der Waals surface area contributed by atoms with Crippen LogP contribution in [-0.2, 0) is 6.42 Å². The van der Waals surface area contributed by atoms with Gasteiger partial charge in [-0.15, -0.1) is 0 Å². The van der Waals surface area contributed by atoms with Crippen LogP contribution in [-0.4, -0.2) is 37.1 Å². The fraction of sp³-hybridized carbons (Fsp3) is 0.625. The van der Waals surface area contributed by atoms with Crippen LogP contribution in [0.1, 0.15) is 24.8 Å². The fourth-order valence-corrected chi connectivity index (χ4v) is 3.55. The van der Waals surface area contributed by atoms with Crippen LogP contribution >= 0.6 is 23.2 Å². The van der Waals surface area contributed by atoms with Gasteiger partial charge >= 0.3 is 0 Å². The van der Waals surface area contributed by atoms with E-state index in [0.717, 1.165) is 23.9 Å². The summed E-state index contributed by atoms with van der Waals surface area (Å²) in [6.07, 6.45) is 5.08. The van der Waals surface area contributed by atoms with E-state index in [1.165, 1.54) is 44.5 Å². The van der Waals surface area contributed by atoms with Crippen LogP contribution < -0.4 is 5.32 Å². The molecule has 4 heteroatoms. The number of nitrogens with one attached hydrogen (secondary N) is 1. The van der Waals surface area contributed by atoms with Gasteiger partial charge in [0.2, 0.25) is 0 Å². The number of nitrogens with zero attached hydrogens (tertiary/aromatic N) is 1. The Morgan fingerprint density at radius 1 is 1.25 bits per heavy atom. The monoisotopic (exact) mass is 312 g/mol. The molecular formula is C16H22Cl2N2. The van der Waals surface area contributed by atoms with Gasteiger partial charge < -0.3 is 10.2 Å². The molecule has 1 atom stereocenters. The Kier molecular flexibility index (Phi) is 4.87. The van der Waals surface area contributed by atoms with Crippen LogP contribution in [0.3, 0.4) is 0 Å². The average molecular weight is 313 g/mol. The van der Waals surface area contributed by atoms with Gasteiger partial charge in [-0.25, -0.2) is 0 Å². The molecule has 2 nitrogen and oxygen atoms in total.